The summed E-state index contributed by atoms with van der Waals surface area (Å²) in [5.74, 6) is -1.45. The Labute approximate surface area is 160 Å². The van der Waals surface area contributed by atoms with Crippen molar-refractivity contribution in [3.8, 4) is 0 Å². The lowest BCUT2D eigenvalue weighted by Crippen LogP contribution is -2.52. The average molecular weight is 378 g/mol. The molecular formula is C20H18N4O4. The molecule has 0 radical (unpaired) electrons. The maximum Gasteiger partial charge on any atom is 0.255 e. The number of hydrogen-bond acceptors (Lipinski definition) is 5. The van der Waals surface area contributed by atoms with Crippen LogP contribution in [0.2, 0.25) is 0 Å². The van der Waals surface area contributed by atoms with E-state index in [2.05, 4.69) is 10.6 Å². The minimum absolute atomic E-state index is 0.200. The van der Waals surface area contributed by atoms with Crippen molar-refractivity contribution in [1.82, 2.24) is 10.2 Å². The number of fused-ring (bicyclic) bond motifs is 1. The van der Waals surface area contributed by atoms with E-state index in [0.717, 1.165) is 5.56 Å². The first-order chi connectivity index (χ1) is 13.4. The molecular weight excluding hydrogens is 360 g/mol. The molecule has 2 aromatic rings. The van der Waals surface area contributed by atoms with E-state index < -0.39 is 11.9 Å². The molecule has 0 aliphatic carbocycles. The zero-order chi connectivity index (χ0) is 19.8. The lowest BCUT2D eigenvalue weighted by Gasteiger charge is -2.29. The van der Waals surface area contributed by atoms with Crippen molar-refractivity contribution in [3.05, 3.63) is 59.2 Å². The number of carbonyl (C=O) groups is 4. The van der Waals surface area contributed by atoms with E-state index >= 15 is 0 Å². The molecule has 1 saturated heterocycles. The Morgan fingerprint density at radius 1 is 1.11 bits per heavy atom. The summed E-state index contributed by atoms with van der Waals surface area (Å²) in [6.45, 7) is 0.278. The van der Waals surface area contributed by atoms with Crippen molar-refractivity contribution in [2.75, 3.05) is 11.1 Å². The third-order valence-electron chi connectivity index (χ3n) is 4.96. The Morgan fingerprint density at radius 2 is 1.86 bits per heavy atom. The molecule has 1 fully saturated rings. The molecule has 2 aliphatic heterocycles. The van der Waals surface area contributed by atoms with E-state index in [1.165, 1.54) is 11.0 Å². The number of benzene rings is 2. The Kier molecular flexibility index (Phi) is 4.31. The minimum Gasteiger partial charge on any atom is -0.399 e. The first-order valence-electron chi connectivity index (χ1n) is 8.87. The van der Waals surface area contributed by atoms with Gasteiger partial charge in [0.25, 0.3) is 11.8 Å². The molecule has 8 nitrogen and oxygen atoms in total. The zero-order valence-corrected chi connectivity index (χ0v) is 14.9. The van der Waals surface area contributed by atoms with Crippen LogP contribution in [0.5, 0.6) is 0 Å². The van der Waals surface area contributed by atoms with Crippen LogP contribution in [0, 0.1) is 0 Å². The van der Waals surface area contributed by atoms with Crippen LogP contribution >= 0.6 is 0 Å². The highest BCUT2D eigenvalue weighted by Gasteiger charge is 2.39. The molecule has 4 rings (SSSR count). The summed E-state index contributed by atoms with van der Waals surface area (Å²) in [7, 11) is 0. The third-order valence-corrected chi connectivity index (χ3v) is 4.96. The summed E-state index contributed by atoms with van der Waals surface area (Å²) >= 11 is 0. The highest BCUT2D eigenvalue weighted by atomic mass is 16.2. The molecule has 142 valence electrons. The van der Waals surface area contributed by atoms with Gasteiger partial charge in [0.15, 0.2) is 0 Å². The molecule has 4 amide bonds. The molecule has 1 unspecified atom stereocenters. The fraction of sp³-hybridized carbons (Fsp3) is 0.200. The number of rotatable bonds is 3. The molecule has 0 spiro atoms. The second-order valence-corrected chi connectivity index (χ2v) is 6.85. The molecule has 28 heavy (non-hydrogen) atoms. The number of carbonyl (C=O) groups excluding carboxylic acids is 4. The first kappa shape index (κ1) is 17.7. The normalized spacial score (nSPS) is 18.6. The van der Waals surface area contributed by atoms with E-state index in [-0.39, 0.29) is 30.7 Å². The van der Waals surface area contributed by atoms with Crippen molar-refractivity contribution in [2.24, 2.45) is 0 Å². The van der Waals surface area contributed by atoms with E-state index in [4.69, 9.17) is 5.73 Å². The van der Waals surface area contributed by atoms with Gasteiger partial charge in [0.1, 0.15) is 6.04 Å². The van der Waals surface area contributed by atoms with Crippen LogP contribution in [0.1, 0.15) is 39.1 Å². The van der Waals surface area contributed by atoms with Crippen LogP contribution < -0.4 is 16.4 Å². The summed E-state index contributed by atoms with van der Waals surface area (Å²) < 4.78 is 0. The van der Waals surface area contributed by atoms with E-state index in [9.17, 15) is 19.2 Å². The first-order valence-corrected chi connectivity index (χ1v) is 8.87. The van der Waals surface area contributed by atoms with E-state index in [1.54, 1.807) is 36.4 Å². The quantitative estimate of drug-likeness (QED) is 0.549. The van der Waals surface area contributed by atoms with Crippen molar-refractivity contribution >= 4 is 35.0 Å². The number of piperidine rings is 1. The van der Waals surface area contributed by atoms with Crippen LogP contribution in [-0.2, 0) is 16.1 Å². The highest BCUT2D eigenvalue weighted by Crippen LogP contribution is 2.28. The van der Waals surface area contributed by atoms with E-state index in [1.807, 2.05) is 0 Å². The van der Waals surface area contributed by atoms with Crippen LogP contribution in [0.3, 0.4) is 0 Å². The van der Waals surface area contributed by atoms with Crippen molar-refractivity contribution in [1.29, 1.82) is 0 Å². The molecule has 4 N–H and O–H groups in total. The Balaban J connectivity index is 1.52. The van der Waals surface area contributed by atoms with Crippen molar-refractivity contribution < 1.29 is 19.2 Å². The maximum absolute atomic E-state index is 12.8. The second-order valence-electron chi connectivity index (χ2n) is 6.85. The van der Waals surface area contributed by atoms with Gasteiger partial charge in [-0.3, -0.25) is 24.5 Å². The number of nitrogens with one attached hydrogen (secondary N) is 2. The number of nitrogen functional groups attached to an aromatic ring is 1. The minimum atomic E-state index is -0.676. The number of nitrogens with zero attached hydrogens (tertiary/aromatic N) is 1. The fourth-order valence-corrected chi connectivity index (χ4v) is 3.47. The molecule has 8 heteroatoms. The van der Waals surface area contributed by atoms with Gasteiger partial charge in [-0.15, -0.1) is 0 Å². The lowest BCUT2D eigenvalue weighted by molar-refractivity contribution is -0.136. The molecule has 1 atom stereocenters. The Morgan fingerprint density at radius 3 is 2.57 bits per heavy atom. The van der Waals surface area contributed by atoms with Gasteiger partial charge in [-0.05, 0) is 48.4 Å². The Hall–Kier alpha value is -3.68. The third kappa shape index (κ3) is 3.20. The number of anilines is 2. The summed E-state index contributed by atoms with van der Waals surface area (Å²) in [6, 6.07) is 11.0. The Bertz CT molecular complexity index is 1000. The zero-order valence-electron chi connectivity index (χ0n) is 14.9. The van der Waals surface area contributed by atoms with Crippen LogP contribution in [0.15, 0.2) is 42.5 Å². The molecule has 0 aromatic heterocycles. The number of amides is 4. The summed E-state index contributed by atoms with van der Waals surface area (Å²) in [6.07, 6.45) is 0.501. The highest BCUT2D eigenvalue weighted by molar-refractivity contribution is 6.08. The number of hydrogen-bond donors (Lipinski definition) is 3. The number of nitrogens with two attached hydrogens (primary N) is 1. The van der Waals surface area contributed by atoms with Crippen LogP contribution in [-0.4, -0.2) is 34.6 Å². The maximum atomic E-state index is 12.8. The van der Waals surface area contributed by atoms with E-state index in [0.29, 0.717) is 28.9 Å². The van der Waals surface area contributed by atoms with Gasteiger partial charge < -0.3 is 16.0 Å². The van der Waals surface area contributed by atoms with Gasteiger partial charge in [0.2, 0.25) is 11.8 Å². The predicted molar refractivity (Wildman–Crippen MR) is 101 cm³/mol. The molecule has 2 heterocycles. The summed E-state index contributed by atoms with van der Waals surface area (Å²) in [5.41, 5.74) is 8.31. The fourth-order valence-electron chi connectivity index (χ4n) is 3.47. The standard InChI is InChI=1S/C20H18N4O4/c21-13-3-5-14(6-4-13)22-18(26)11-1-2-12-10-24(20(28)15(12)9-11)16-7-8-17(25)23-19(16)27/h1-6,9,16H,7-8,10,21H2,(H,22,26)(H,23,25,27). The van der Waals surface area contributed by atoms with Gasteiger partial charge >= 0.3 is 0 Å². The second kappa shape index (κ2) is 6.80. The van der Waals surface area contributed by atoms with Gasteiger partial charge in [0.05, 0.1) is 0 Å². The molecule has 0 saturated carbocycles. The van der Waals surface area contributed by atoms with Crippen LogP contribution in [0.4, 0.5) is 11.4 Å². The van der Waals surface area contributed by atoms with Crippen molar-refractivity contribution in [2.45, 2.75) is 25.4 Å². The van der Waals surface area contributed by atoms with Gasteiger partial charge in [-0.1, -0.05) is 6.07 Å². The van der Waals surface area contributed by atoms with Gasteiger partial charge in [-0.25, -0.2) is 0 Å². The molecule has 2 aliphatic rings. The largest absolute Gasteiger partial charge is 0.399 e. The predicted octanol–water partition coefficient (Wildman–Crippen LogP) is 1.28. The van der Waals surface area contributed by atoms with Crippen molar-refractivity contribution in [3.63, 3.8) is 0 Å². The monoisotopic (exact) mass is 378 g/mol. The number of imide groups is 1. The lowest BCUT2D eigenvalue weighted by atomic mass is 10.0. The average Bonchev–Trinajstić information content (AvgIpc) is 2.99. The topological polar surface area (TPSA) is 122 Å². The van der Waals surface area contributed by atoms with Crippen LogP contribution in [0.25, 0.3) is 0 Å². The van der Waals surface area contributed by atoms with Gasteiger partial charge in [0, 0.05) is 35.5 Å². The molecule has 2 aromatic carbocycles. The summed E-state index contributed by atoms with van der Waals surface area (Å²) in [5, 5.41) is 5.03. The van der Waals surface area contributed by atoms with Gasteiger partial charge in [-0.2, -0.15) is 0 Å². The summed E-state index contributed by atoms with van der Waals surface area (Å²) in [4.78, 5) is 50.2. The molecule has 0 bridgehead atoms. The SMILES string of the molecule is Nc1ccc(NC(=O)c2ccc3c(c2)C(=O)N(C2CCC(=O)NC2=O)C3)cc1. The smallest absolute Gasteiger partial charge is 0.255 e.